The van der Waals surface area contributed by atoms with Gasteiger partial charge in [-0.15, -0.1) is 11.3 Å². The highest BCUT2D eigenvalue weighted by atomic mass is 32.1. The second-order valence-corrected chi connectivity index (χ2v) is 5.80. The van der Waals surface area contributed by atoms with Gasteiger partial charge in [0, 0.05) is 23.6 Å². The molecule has 1 aromatic carbocycles. The molecule has 6 heteroatoms. The lowest BCUT2D eigenvalue weighted by Gasteiger charge is -2.03. The van der Waals surface area contributed by atoms with Gasteiger partial charge in [-0.25, -0.2) is 9.97 Å². The molecule has 3 rings (SSSR count). The van der Waals surface area contributed by atoms with Crippen molar-refractivity contribution < 1.29 is 9.53 Å². The SMILES string of the molecule is CC(=O)Oc1ccc(-c2csc(Nc3cccc(C)n3)n2)cc1. The number of esters is 1. The van der Waals surface area contributed by atoms with E-state index in [1.165, 1.54) is 18.3 Å². The monoisotopic (exact) mass is 325 g/mol. The lowest BCUT2D eigenvalue weighted by Crippen LogP contribution is -2.00. The fraction of sp³-hybridized carbons (Fsp3) is 0.118. The number of ether oxygens (including phenoxy) is 1. The summed E-state index contributed by atoms with van der Waals surface area (Å²) in [5, 5.41) is 5.95. The van der Waals surface area contributed by atoms with Crippen LogP contribution in [0.2, 0.25) is 0 Å². The number of hydrogen-bond acceptors (Lipinski definition) is 6. The van der Waals surface area contributed by atoms with E-state index in [2.05, 4.69) is 15.3 Å². The van der Waals surface area contributed by atoms with Crippen molar-refractivity contribution in [3.8, 4) is 17.0 Å². The van der Waals surface area contributed by atoms with Gasteiger partial charge in [0.15, 0.2) is 5.13 Å². The average Bonchev–Trinajstić information content (AvgIpc) is 2.96. The topological polar surface area (TPSA) is 64.1 Å². The Balaban J connectivity index is 1.75. The normalized spacial score (nSPS) is 10.3. The number of carbonyl (C=O) groups is 1. The Labute approximate surface area is 138 Å². The van der Waals surface area contributed by atoms with E-state index in [0.29, 0.717) is 5.75 Å². The van der Waals surface area contributed by atoms with Gasteiger partial charge in [-0.3, -0.25) is 4.79 Å². The van der Waals surface area contributed by atoms with Gasteiger partial charge in [-0.1, -0.05) is 6.07 Å². The van der Waals surface area contributed by atoms with Gasteiger partial charge in [0.05, 0.1) is 5.69 Å². The molecule has 0 saturated heterocycles. The van der Waals surface area contributed by atoms with Crippen LogP contribution in [0.3, 0.4) is 0 Å². The Morgan fingerprint density at radius 1 is 1.13 bits per heavy atom. The Hall–Kier alpha value is -2.73. The van der Waals surface area contributed by atoms with Crippen LogP contribution >= 0.6 is 11.3 Å². The van der Waals surface area contributed by atoms with Crippen LogP contribution < -0.4 is 10.1 Å². The molecule has 2 heterocycles. The molecule has 0 saturated carbocycles. The molecule has 0 amide bonds. The molecule has 0 aliphatic rings. The first-order valence-corrected chi connectivity index (χ1v) is 7.93. The minimum atomic E-state index is -0.330. The summed E-state index contributed by atoms with van der Waals surface area (Å²) in [6.45, 7) is 3.33. The molecule has 0 bridgehead atoms. The number of nitrogens with one attached hydrogen (secondary N) is 1. The van der Waals surface area contributed by atoms with Crippen LogP contribution in [0.4, 0.5) is 10.9 Å². The average molecular weight is 325 g/mol. The minimum absolute atomic E-state index is 0.330. The zero-order valence-electron chi connectivity index (χ0n) is 12.7. The predicted octanol–water partition coefficient (Wildman–Crippen LogP) is 4.18. The van der Waals surface area contributed by atoms with Gasteiger partial charge < -0.3 is 10.1 Å². The van der Waals surface area contributed by atoms with E-state index in [0.717, 1.165) is 27.9 Å². The first kappa shape index (κ1) is 15.2. The van der Waals surface area contributed by atoms with Crippen LogP contribution in [-0.2, 0) is 4.79 Å². The summed E-state index contributed by atoms with van der Waals surface area (Å²) in [5.41, 5.74) is 2.77. The number of aryl methyl sites for hydroxylation is 1. The summed E-state index contributed by atoms with van der Waals surface area (Å²) in [7, 11) is 0. The minimum Gasteiger partial charge on any atom is -0.427 e. The fourth-order valence-corrected chi connectivity index (χ4v) is 2.77. The fourth-order valence-electron chi connectivity index (χ4n) is 2.05. The van der Waals surface area contributed by atoms with Crippen LogP contribution in [0.1, 0.15) is 12.6 Å². The zero-order valence-corrected chi connectivity index (χ0v) is 13.6. The Morgan fingerprint density at radius 2 is 1.91 bits per heavy atom. The Kier molecular flexibility index (Phi) is 4.34. The van der Waals surface area contributed by atoms with Crippen LogP contribution in [0.5, 0.6) is 5.75 Å². The summed E-state index contributed by atoms with van der Waals surface area (Å²) in [5.74, 6) is 0.971. The molecule has 3 aromatic rings. The lowest BCUT2D eigenvalue weighted by molar-refractivity contribution is -0.131. The summed E-state index contributed by atoms with van der Waals surface area (Å²) < 4.78 is 5.02. The number of benzene rings is 1. The summed E-state index contributed by atoms with van der Waals surface area (Å²) in [6, 6.07) is 13.1. The van der Waals surface area contributed by atoms with Crippen molar-refractivity contribution in [2.24, 2.45) is 0 Å². The first-order chi connectivity index (χ1) is 11.1. The number of thiazole rings is 1. The number of rotatable bonds is 4. The highest BCUT2D eigenvalue weighted by Crippen LogP contribution is 2.28. The van der Waals surface area contributed by atoms with Crippen molar-refractivity contribution in [3.63, 3.8) is 0 Å². The second kappa shape index (κ2) is 6.58. The van der Waals surface area contributed by atoms with Crippen molar-refractivity contribution in [2.45, 2.75) is 13.8 Å². The molecule has 0 spiro atoms. The summed E-state index contributed by atoms with van der Waals surface area (Å²) >= 11 is 1.51. The van der Waals surface area contributed by atoms with Gasteiger partial charge in [-0.05, 0) is 43.3 Å². The third kappa shape index (κ3) is 3.92. The van der Waals surface area contributed by atoms with Crippen LogP contribution in [0.25, 0.3) is 11.3 Å². The van der Waals surface area contributed by atoms with Crippen LogP contribution in [0.15, 0.2) is 47.8 Å². The number of aromatic nitrogens is 2. The van der Waals surface area contributed by atoms with E-state index in [9.17, 15) is 4.79 Å². The molecule has 0 aliphatic carbocycles. The zero-order chi connectivity index (χ0) is 16.2. The predicted molar refractivity (Wildman–Crippen MR) is 91.1 cm³/mol. The molecule has 0 radical (unpaired) electrons. The second-order valence-electron chi connectivity index (χ2n) is 4.95. The molecule has 5 nitrogen and oxygen atoms in total. The van der Waals surface area contributed by atoms with Crippen LogP contribution in [-0.4, -0.2) is 15.9 Å². The molecule has 116 valence electrons. The first-order valence-electron chi connectivity index (χ1n) is 7.05. The number of hydrogen-bond donors (Lipinski definition) is 1. The summed E-state index contributed by atoms with van der Waals surface area (Å²) in [4.78, 5) is 19.9. The molecule has 1 N–H and O–H groups in total. The van der Waals surface area contributed by atoms with Crippen molar-refractivity contribution >= 4 is 28.3 Å². The maximum absolute atomic E-state index is 10.9. The number of pyridine rings is 1. The lowest BCUT2D eigenvalue weighted by atomic mass is 10.2. The standard InChI is InChI=1S/C17H15N3O2S/c1-11-4-3-5-16(18-11)20-17-19-15(10-23-17)13-6-8-14(9-7-13)22-12(2)21/h3-10H,1-2H3,(H,18,19,20). The van der Waals surface area contributed by atoms with Crippen molar-refractivity contribution in [1.82, 2.24) is 9.97 Å². The van der Waals surface area contributed by atoms with Gasteiger partial charge in [-0.2, -0.15) is 0 Å². The van der Waals surface area contributed by atoms with Crippen molar-refractivity contribution in [3.05, 3.63) is 53.5 Å². The largest absolute Gasteiger partial charge is 0.427 e. The van der Waals surface area contributed by atoms with Gasteiger partial charge in [0.1, 0.15) is 11.6 Å². The molecule has 2 aromatic heterocycles. The van der Waals surface area contributed by atoms with Crippen molar-refractivity contribution in [2.75, 3.05) is 5.32 Å². The molecular weight excluding hydrogens is 310 g/mol. The molecule has 0 aliphatic heterocycles. The smallest absolute Gasteiger partial charge is 0.308 e. The van der Waals surface area contributed by atoms with E-state index in [-0.39, 0.29) is 5.97 Å². The van der Waals surface area contributed by atoms with E-state index in [1.807, 2.05) is 42.6 Å². The van der Waals surface area contributed by atoms with E-state index >= 15 is 0 Å². The van der Waals surface area contributed by atoms with Gasteiger partial charge in [0.25, 0.3) is 0 Å². The van der Waals surface area contributed by atoms with E-state index in [4.69, 9.17) is 4.74 Å². The number of carbonyl (C=O) groups excluding carboxylic acids is 1. The molecule has 0 atom stereocenters. The highest BCUT2D eigenvalue weighted by molar-refractivity contribution is 7.14. The number of nitrogens with zero attached hydrogens (tertiary/aromatic N) is 2. The summed E-state index contributed by atoms with van der Waals surface area (Å²) in [6.07, 6.45) is 0. The van der Waals surface area contributed by atoms with Crippen LogP contribution in [0, 0.1) is 6.92 Å². The highest BCUT2D eigenvalue weighted by Gasteiger charge is 2.06. The van der Waals surface area contributed by atoms with Gasteiger partial charge in [0.2, 0.25) is 0 Å². The molecule has 23 heavy (non-hydrogen) atoms. The van der Waals surface area contributed by atoms with E-state index in [1.54, 1.807) is 12.1 Å². The van der Waals surface area contributed by atoms with Crippen molar-refractivity contribution in [1.29, 1.82) is 0 Å². The maximum Gasteiger partial charge on any atom is 0.308 e. The molecule has 0 fully saturated rings. The Morgan fingerprint density at radius 3 is 2.61 bits per heavy atom. The molecule has 0 unspecified atom stereocenters. The quantitative estimate of drug-likeness (QED) is 0.576. The third-order valence-electron chi connectivity index (χ3n) is 3.04. The third-order valence-corrected chi connectivity index (χ3v) is 3.80. The van der Waals surface area contributed by atoms with Gasteiger partial charge >= 0.3 is 5.97 Å². The number of anilines is 2. The Bertz CT molecular complexity index is 828. The van der Waals surface area contributed by atoms with E-state index < -0.39 is 0 Å². The molecular formula is C17H15N3O2S. The maximum atomic E-state index is 10.9.